The molecule has 3 aromatic rings. The lowest BCUT2D eigenvalue weighted by atomic mass is 10.1. The van der Waals surface area contributed by atoms with Crippen molar-refractivity contribution in [2.75, 3.05) is 12.0 Å². The first-order valence-electron chi connectivity index (χ1n) is 7.82. The zero-order valence-corrected chi connectivity index (χ0v) is 14.7. The SMILES string of the molecule is C/C(=N/Nc1ccnc2cc(Cl)ccc12)c1ccc(OCC(=O)O)cc1. The predicted molar refractivity (Wildman–Crippen MR) is 102 cm³/mol. The van der Waals surface area contributed by atoms with E-state index in [2.05, 4.69) is 15.5 Å². The van der Waals surface area contributed by atoms with Gasteiger partial charge in [-0.05, 0) is 61.0 Å². The van der Waals surface area contributed by atoms with E-state index in [9.17, 15) is 4.79 Å². The summed E-state index contributed by atoms with van der Waals surface area (Å²) in [5, 5.41) is 14.6. The molecule has 132 valence electrons. The van der Waals surface area contributed by atoms with Crippen LogP contribution in [0.2, 0.25) is 5.02 Å². The molecule has 0 atom stereocenters. The van der Waals surface area contributed by atoms with Crippen LogP contribution < -0.4 is 10.2 Å². The molecule has 6 nitrogen and oxygen atoms in total. The Kier molecular flexibility index (Phi) is 5.34. The van der Waals surface area contributed by atoms with Gasteiger partial charge in [0.1, 0.15) is 5.75 Å². The van der Waals surface area contributed by atoms with E-state index in [-0.39, 0.29) is 6.61 Å². The lowest BCUT2D eigenvalue weighted by Crippen LogP contribution is -2.09. The van der Waals surface area contributed by atoms with E-state index in [1.165, 1.54) is 0 Å². The summed E-state index contributed by atoms with van der Waals surface area (Å²) in [5.74, 6) is -0.518. The summed E-state index contributed by atoms with van der Waals surface area (Å²) in [4.78, 5) is 14.8. The number of ether oxygens (including phenoxy) is 1. The van der Waals surface area contributed by atoms with Crippen LogP contribution in [-0.4, -0.2) is 28.4 Å². The van der Waals surface area contributed by atoms with E-state index < -0.39 is 5.97 Å². The monoisotopic (exact) mass is 369 g/mol. The molecule has 0 aliphatic rings. The minimum absolute atomic E-state index is 0.368. The van der Waals surface area contributed by atoms with Gasteiger partial charge in [0.2, 0.25) is 0 Å². The molecule has 2 aromatic carbocycles. The molecule has 0 bridgehead atoms. The summed E-state index contributed by atoms with van der Waals surface area (Å²) in [5.41, 5.74) is 6.33. The number of nitrogens with one attached hydrogen (secondary N) is 1. The highest BCUT2D eigenvalue weighted by Gasteiger charge is 2.04. The number of carboxylic acid groups (broad SMARTS) is 1. The Balaban J connectivity index is 1.75. The third-order valence-corrected chi connectivity index (χ3v) is 3.92. The number of benzene rings is 2. The number of nitrogens with zero attached hydrogens (tertiary/aromatic N) is 2. The molecule has 0 radical (unpaired) electrons. The summed E-state index contributed by atoms with van der Waals surface area (Å²) >= 11 is 6.00. The highest BCUT2D eigenvalue weighted by Crippen LogP contribution is 2.24. The van der Waals surface area contributed by atoms with Gasteiger partial charge < -0.3 is 9.84 Å². The van der Waals surface area contributed by atoms with Crippen LogP contribution in [0.25, 0.3) is 10.9 Å². The van der Waals surface area contributed by atoms with Gasteiger partial charge >= 0.3 is 5.97 Å². The van der Waals surface area contributed by atoms with Crippen LogP contribution in [0, 0.1) is 0 Å². The first-order valence-corrected chi connectivity index (χ1v) is 8.20. The molecule has 2 N–H and O–H groups in total. The average Bonchev–Trinajstić information content (AvgIpc) is 2.64. The third kappa shape index (κ3) is 4.29. The van der Waals surface area contributed by atoms with Crippen molar-refractivity contribution in [2.45, 2.75) is 6.92 Å². The van der Waals surface area contributed by atoms with Crippen molar-refractivity contribution < 1.29 is 14.6 Å². The van der Waals surface area contributed by atoms with E-state index in [0.717, 1.165) is 27.9 Å². The summed E-state index contributed by atoms with van der Waals surface area (Å²) in [6.07, 6.45) is 1.69. The molecule has 0 spiro atoms. The van der Waals surface area contributed by atoms with E-state index >= 15 is 0 Å². The number of carbonyl (C=O) groups is 1. The Morgan fingerprint density at radius 2 is 2.00 bits per heavy atom. The first kappa shape index (κ1) is 17.7. The number of rotatable bonds is 6. The Morgan fingerprint density at radius 3 is 2.73 bits per heavy atom. The number of pyridine rings is 1. The number of hydrogen-bond acceptors (Lipinski definition) is 5. The fourth-order valence-electron chi connectivity index (χ4n) is 2.36. The third-order valence-electron chi connectivity index (χ3n) is 3.68. The van der Waals surface area contributed by atoms with E-state index in [1.54, 1.807) is 24.4 Å². The zero-order valence-electron chi connectivity index (χ0n) is 13.9. The molecule has 0 aliphatic heterocycles. The number of hydrazone groups is 1. The highest BCUT2D eigenvalue weighted by molar-refractivity contribution is 6.31. The van der Waals surface area contributed by atoms with Crippen molar-refractivity contribution in [3.8, 4) is 5.75 Å². The van der Waals surface area contributed by atoms with Crippen LogP contribution in [0.5, 0.6) is 5.75 Å². The number of halogens is 1. The maximum atomic E-state index is 10.5. The molecule has 0 aliphatic carbocycles. The number of hydrogen-bond donors (Lipinski definition) is 2. The van der Waals surface area contributed by atoms with Gasteiger partial charge in [0.15, 0.2) is 6.61 Å². The maximum absolute atomic E-state index is 10.5. The molecular formula is C19H16ClN3O3. The molecule has 0 saturated heterocycles. The zero-order chi connectivity index (χ0) is 18.5. The number of aromatic nitrogens is 1. The molecule has 0 saturated carbocycles. The molecule has 1 aromatic heterocycles. The van der Waals surface area contributed by atoms with Gasteiger partial charge in [-0.15, -0.1) is 0 Å². The fourth-order valence-corrected chi connectivity index (χ4v) is 2.53. The Labute approximate surface area is 155 Å². The molecule has 26 heavy (non-hydrogen) atoms. The van der Waals surface area contributed by atoms with Crippen molar-refractivity contribution in [3.05, 3.63) is 65.3 Å². The minimum Gasteiger partial charge on any atom is -0.482 e. The van der Waals surface area contributed by atoms with Crippen LogP contribution in [0.4, 0.5) is 5.69 Å². The average molecular weight is 370 g/mol. The van der Waals surface area contributed by atoms with Crippen molar-refractivity contribution in [1.29, 1.82) is 0 Å². The lowest BCUT2D eigenvalue weighted by molar-refractivity contribution is -0.139. The second kappa shape index (κ2) is 7.84. The van der Waals surface area contributed by atoms with E-state index in [1.807, 2.05) is 37.3 Å². The van der Waals surface area contributed by atoms with Gasteiger partial charge in [0.05, 0.1) is 16.9 Å². The van der Waals surface area contributed by atoms with Crippen LogP contribution in [0.15, 0.2) is 59.8 Å². The van der Waals surface area contributed by atoms with Gasteiger partial charge in [-0.2, -0.15) is 5.10 Å². The summed E-state index contributed by atoms with van der Waals surface area (Å²) in [6, 6.07) is 14.4. The normalized spacial score (nSPS) is 11.4. The van der Waals surface area contributed by atoms with Gasteiger partial charge in [0, 0.05) is 16.6 Å². The standard InChI is InChI=1S/C19H16ClN3O3/c1-12(13-2-5-15(6-3-13)26-11-19(24)25)22-23-17-8-9-21-18-10-14(20)4-7-16(17)18/h2-10H,11H2,1H3,(H,21,23)(H,24,25)/b22-12-. The fraction of sp³-hybridized carbons (Fsp3) is 0.105. The Bertz CT molecular complexity index is 971. The van der Waals surface area contributed by atoms with E-state index in [0.29, 0.717) is 10.8 Å². The first-order chi connectivity index (χ1) is 12.5. The van der Waals surface area contributed by atoms with Gasteiger partial charge in [-0.3, -0.25) is 10.4 Å². The van der Waals surface area contributed by atoms with Crippen molar-refractivity contribution in [1.82, 2.24) is 4.98 Å². The van der Waals surface area contributed by atoms with Crippen LogP contribution >= 0.6 is 11.6 Å². The Morgan fingerprint density at radius 1 is 1.23 bits per heavy atom. The smallest absolute Gasteiger partial charge is 0.341 e. The van der Waals surface area contributed by atoms with Gasteiger partial charge in [-0.25, -0.2) is 4.79 Å². The molecule has 0 fully saturated rings. The van der Waals surface area contributed by atoms with Crippen LogP contribution in [-0.2, 0) is 4.79 Å². The number of fused-ring (bicyclic) bond motifs is 1. The largest absolute Gasteiger partial charge is 0.482 e. The van der Waals surface area contributed by atoms with E-state index in [4.69, 9.17) is 21.4 Å². The molecule has 7 heteroatoms. The topological polar surface area (TPSA) is 83.8 Å². The minimum atomic E-state index is -1.01. The highest BCUT2D eigenvalue weighted by atomic mass is 35.5. The second-order valence-electron chi connectivity index (χ2n) is 5.54. The Hall–Kier alpha value is -3.12. The molecular weight excluding hydrogens is 354 g/mol. The molecule has 0 amide bonds. The molecule has 0 unspecified atom stereocenters. The summed E-state index contributed by atoms with van der Waals surface area (Å²) < 4.78 is 5.12. The van der Waals surface area contributed by atoms with Crippen molar-refractivity contribution in [2.24, 2.45) is 5.10 Å². The van der Waals surface area contributed by atoms with Crippen molar-refractivity contribution in [3.63, 3.8) is 0 Å². The number of aliphatic carboxylic acids is 1. The lowest BCUT2D eigenvalue weighted by Gasteiger charge is -2.08. The molecule has 3 rings (SSSR count). The quantitative estimate of drug-likeness (QED) is 0.503. The summed E-state index contributed by atoms with van der Waals surface area (Å²) in [7, 11) is 0. The second-order valence-corrected chi connectivity index (χ2v) is 5.97. The predicted octanol–water partition coefficient (Wildman–Crippen LogP) is 4.19. The number of carboxylic acids is 1. The van der Waals surface area contributed by atoms with Gasteiger partial charge in [0.25, 0.3) is 0 Å². The van der Waals surface area contributed by atoms with Crippen LogP contribution in [0.1, 0.15) is 12.5 Å². The van der Waals surface area contributed by atoms with Gasteiger partial charge in [-0.1, -0.05) is 11.6 Å². The van der Waals surface area contributed by atoms with Crippen molar-refractivity contribution >= 4 is 39.9 Å². The maximum Gasteiger partial charge on any atom is 0.341 e. The van der Waals surface area contributed by atoms with Crippen LogP contribution in [0.3, 0.4) is 0 Å². The number of anilines is 1. The molecule has 1 heterocycles. The summed E-state index contributed by atoms with van der Waals surface area (Å²) in [6.45, 7) is 1.51.